The summed E-state index contributed by atoms with van der Waals surface area (Å²) in [6, 6.07) is 4.90. The lowest BCUT2D eigenvalue weighted by atomic mass is 10.2. The molecule has 0 spiro atoms. The molecule has 2 N–H and O–H groups in total. The first-order chi connectivity index (χ1) is 8.38. The monoisotopic (exact) mass is 261 g/mol. The highest BCUT2D eigenvalue weighted by Crippen LogP contribution is 2.12. The molecule has 0 aliphatic carbocycles. The Hall–Kier alpha value is -1.63. The van der Waals surface area contributed by atoms with E-state index in [2.05, 4.69) is 10.3 Å². The van der Waals surface area contributed by atoms with Gasteiger partial charge in [0.2, 0.25) is 5.91 Å². The Bertz CT molecular complexity index is 381. The number of carbonyl (C=O) groups excluding carboxylic acids is 1. The van der Waals surface area contributed by atoms with E-state index in [-0.39, 0.29) is 12.6 Å². The van der Waals surface area contributed by atoms with E-state index < -0.39 is 18.6 Å². The highest BCUT2D eigenvalue weighted by atomic mass is 19.4. The van der Waals surface area contributed by atoms with Gasteiger partial charge >= 0.3 is 6.18 Å². The van der Waals surface area contributed by atoms with Crippen molar-refractivity contribution in [1.29, 1.82) is 0 Å². The number of hydrogen-bond acceptors (Lipinski definition) is 3. The molecule has 1 rings (SSSR count). The van der Waals surface area contributed by atoms with Gasteiger partial charge in [0, 0.05) is 6.20 Å². The van der Waals surface area contributed by atoms with Gasteiger partial charge in [-0.05, 0) is 19.1 Å². The minimum Gasteiger partial charge on any atom is -0.347 e. The highest BCUT2D eigenvalue weighted by molar-refractivity contribution is 5.78. The second-order valence-electron chi connectivity index (χ2n) is 3.76. The molecule has 18 heavy (non-hydrogen) atoms. The van der Waals surface area contributed by atoms with E-state index in [4.69, 9.17) is 0 Å². The van der Waals surface area contributed by atoms with Crippen LogP contribution >= 0.6 is 0 Å². The lowest BCUT2D eigenvalue weighted by molar-refractivity contribution is -0.128. The summed E-state index contributed by atoms with van der Waals surface area (Å²) in [6.07, 6.45) is -2.73. The number of hydrogen-bond donors (Lipinski definition) is 2. The number of rotatable bonds is 5. The van der Waals surface area contributed by atoms with E-state index in [1.54, 1.807) is 31.3 Å². The smallest absolute Gasteiger partial charge is 0.347 e. The lowest BCUT2D eigenvalue weighted by Gasteiger charge is -2.14. The van der Waals surface area contributed by atoms with Crippen LogP contribution in [0, 0.1) is 0 Å². The number of pyridine rings is 1. The molecule has 1 atom stereocenters. The molecule has 0 fully saturated rings. The van der Waals surface area contributed by atoms with Crippen molar-refractivity contribution in [1.82, 2.24) is 15.6 Å². The molecular weight excluding hydrogens is 247 g/mol. The van der Waals surface area contributed by atoms with Crippen molar-refractivity contribution in [3.63, 3.8) is 0 Å². The molecule has 1 amide bonds. The molecule has 1 aromatic heterocycles. The summed E-state index contributed by atoms with van der Waals surface area (Å²) >= 11 is 0. The number of amides is 1. The molecule has 1 heterocycles. The van der Waals surface area contributed by atoms with Crippen LogP contribution in [0.3, 0.4) is 0 Å². The van der Waals surface area contributed by atoms with Crippen LogP contribution in [0.1, 0.15) is 18.7 Å². The van der Waals surface area contributed by atoms with Crippen LogP contribution in [0.2, 0.25) is 0 Å². The number of nitrogens with zero attached hydrogens (tertiary/aromatic N) is 1. The van der Waals surface area contributed by atoms with E-state index in [1.807, 2.05) is 5.32 Å². The van der Waals surface area contributed by atoms with Crippen LogP contribution in [0.4, 0.5) is 13.2 Å². The number of nitrogens with one attached hydrogen (secondary N) is 2. The van der Waals surface area contributed by atoms with Crippen molar-refractivity contribution in [2.75, 3.05) is 13.1 Å². The zero-order valence-corrected chi connectivity index (χ0v) is 9.79. The number of carbonyl (C=O) groups is 1. The summed E-state index contributed by atoms with van der Waals surface area (Å²) in [5, 5.41) is 4.58. The van der Waals surface area contributed by atoms with Gasteiger partial charge in [-0.2, -0.15) is 13.2 Å². The van der Waals surface area contributed by atoms with Crippen LogP contribution in [0.15, 0.2) is 24.4 Å². The van der Waals surface area contributed by atoms with Crippen molar-refractivity contribution in [2.45, 2.75) is 19.1 Å². The summed E-state index contributed by atoms with van der Waals surface area (Å²) in [5.74, 6) is -0.502. The largest absolute Gasteiger partial charge is 0.401 e. The summed E-state index contributed by atoms with van der Waals surface area (Å²) < 4.78 is 35.5. The van der Waals surface area contributed by atoms with Crippen LogP contribution in [-0.2, 0) is 4.79 Å². The zero-order valence-electron chi connectivity index (χ0n) is 9.79. The van der Waals surface area contributed by atoms with Crippen LogP contribution < -0.4 is 10.6 Å². The molecule has 0 aliphatic rings. The molecule has 0 aromatic carbocycles. The second kappa shape index (κ2) is 6.34. The SMILES string of the molecule is C[C@H](NC(=O)CNCC(F)(F)F)c1ccccn1. The van der Waals surface area contributed by atoms with Crippen molar-refractivity contribution < 1.29 is 18.0 Å². The minimum atomic E-state index is -4.31. The van der Waals surface area contributed by atoms with E-state index in [0.717, 1.165) is 0 Å². The topological polar surface area (TPSA) is 54.0 Å². The van der Waals surface area contributed by atoms with Gasteiger partial charge in [-0.1, -0.05) is 6.07 Å². The average Bonchev–Trinajstić information content (AvgIpc) is 2.28. The lowest BCUT2D eigenvalue weighted by Crippen LogP contribution is -2.39. The second-order valence-corrected chi connectivity index (χ2v) is 3.76. The standard InChI is InChI=1S/C11H14F3N3O/c1-8(9-4-2-3-5-16-9)17-10(18)6-15-7-11(12,13)14/h2-5,8,15H,6-7H2,1H3,(H,17,18)/t8-/m0/s1. The van der Waals surface area contributed by atoms with Gasteiger partial charge in [0.15, 0.2) is 0 Å². The molecule has 0 saturated carbocycles. The average molecular weight is 261 g/mol. The molecule has 7 heteroatoms. The van der Waals surface area contributed by atoms with Gasteiger partial charge in [-0.15, -0.1) is 0 Å². The number of halogens is 3. The normalized spacial score (nSPS) is 13.1. The quantitative estimate of drug-likeness (QED) is 0.842. The maximum Gasteiger partial charge on any atom is 0.401 e. The predicted molar refractivity (Wildman–Crippen MR) is 59.7 cm³/mol. The van der Waals surface area contributed by atoms with E-state index >= 15 is 0 Å². The fourth-order valence-corrected chi connectivity index (χ4v) is 1.32. The van der Waals surface area contributed by atoms with Crippen LogP contribution in [0.25, 0.3) is 0 Å². The maximum absolute atomic E-state index is 11.8. The summed E-state index contributed by atoms with van der Waals surface area (Å²) in [5.41, 5.74) is 0.654. The summed E-state index contributed by atoms with van der Waals surface area (Å²) in [4.78, 5) is 15.4. The first-order valence-corrected chi connectivity index (χ1v) is 5.36. The summed E-state index contributed by atoms with van der Waals surface area (Å²) in [6.45, 7) is 0.152. The first kappa shape index (κ1) is 14.4. The molecule has 1 aromatic rings. The molecular formula is C11H14F3N3O. The zero-order chi connectivity index (χ0) is 13.6. The van der Waals surface area contributed by atoms with Crippen molar-refractivity contribution in [3.8, 4) is 0 Å². The number of aromatic nitrogens is 1. The molecule has 0 bridgehead atoms. The fraction of sp³-hybridized carbons (Fsp3) is 0.455. The van der Waals surface area contributed by atoms with Gasteiger partial charge < -0.3 is 10.6 Å². The van der Waals surface area contributed by atoms with E-state index in [0.29, 0.717) is 5.69 Å². The van der Waals surface area contributed by atoms with Crippen molar-refractivity contribution in [2.24, 2.45) is 0 Å². The van der Waals surface area contributed by atoms with E-state index in [9.17, 15) is 18.0 Å². The summed E-state index contributed by atoms with van der Waals surface area (Å²) in [7, 11) is 0. The maximum atomic E-state index is 11.8. The van der Waals surface area contributed by atoms with Gasteiger partial charge in [-0.3, -0.25) is 9.78 Å². The van der Waals surface area contributed by atoms with Gasteiger partial charge in [-0.25, -0.2) is 0 Å². The van der Waals surface area contributed by atoms with Crippen LogP contribution in [0.5, 0.6) is 0 Å². The molecule has 0 aliphatic heterocycles. The fourth-order valence-electron chi connectivity index (χ4n) is 1.32. The molecule has 100 valence electrons. The Kier molecular flexibility index (Phi) is 5.08. The molecule has 0 saturated heterocycles. The van der Waals surface area contributed by atoms with Gasteiger partial charge in [0.25, 0.3) is 0 Å². The van der Waals surface area contributed by atoms with E-state index in [1.165, 1.54) is 0 Å². The van der Waals surface area contributed by atoms with Gasteiger partial charge in [0.05, 0.1) is 24.8 Å². The number of alkyl halides is 3. The Morgan fingerprint density at radius 1 is 1.44 bits per heavy atom. The molecule has 4 nitrogen and oxygen atoms in total. The Balaban J connectivity index is 2.32. The Morgan fingerprint density at radius 3 is 2.72 bits per heavy atom. The van der Waals surface area contributed by atoms with Crippen molar-refractivity contribution in [3.05, 3.63) is 30.1 Å². The predicted octanol–water partition coefficient (Wildman–Crippen LogP) is 1.41. The first-order valence-electron chi connectivity index (χ1n) is 5.36. The molecule has 0 radical (unpaired) electrons. The third-order valence-electron chi connectivity index (χ3n) is 2.12. The minimum absolute atomic E-state index is 0.341. The van der Waals surface area contributed by atoms with Crippen LogP contribution in [-0.4, -0.2) is 30.2 Å². The Morgan fingerprint density at radius 2 is 2.17 bits per heavy atom. The highest BCUT2D eigenvalue weighted by Gasteiger charge is 2.26. The third kappa shape index (κ3) is 5.62. The Labute approximate surface area is 103 Å². The van der Waals surface area contributed by atoms with Gasteiger partial charge in [0.1, 0.15) is 0 Å². The molecule has 0 unspecified atom stereocenters. The van der Waals surface area contributed by atoms with Crippen molar-refractivity contribution >= 4 is 5.91 Å². The third-order valence-corrected chi connectivity index (χ3v) is 2.12.